The molecule has 0 aromatic heterocycles. The lowest BCUT2D eigenvalue weighted by molar-refractivity contribution is 0.780. The van der Waals surface area contributed by atoms with Gasteiger partial charge in [0.2, 0.25) is 0 Å². The van der Waals surface area contributed by atoms with Gasteiger partial charge in [-0.2, -0.15) is 0 Å². The highest BCUT2D eigenvalue weighted by Gasteiger charge is 2.53. The van der Waals surface area contributed by atoms with Crippen LogP contribution in [0.5, 0.6) is 0 Å². The van der Waals surface area contributed by atoms with Gasteiger partial charge in [-0.15, -0.1) is 0 Å². The zero-order valence-corrected chi connectivity index (χ0v) is 16.5. The summed E-state index contributed by atoms with van der Waals surface area (Å²) in [6.45, 7) is 17.9. The summed E-state index contributed by atoms with van der Waals surface area (Å²) in [7, 11) is -2.42. The predicted molar refractivity (Wildman–Crippen MR) is 96.9 cm³/mol. The fraction of sp³-hybridized carbons (Fsp3) is 0.667. The highest BCUT2D eigenvalue weighted by Crippen LogP contribution is 2.52. The molecule has 0 fully saturated rings. The second-order valence-corrected chi connectivity index (χ2v) is 20.1. The van der Waals surface area contributed by atoms with Crippen molar-refractivity contribution in [3.8, 4) is 0 Å². The Hall–Kier alpha value is -0.346. The van der Waals surface area contributed by atoms with Crippen molar-refractivity contribution in [3.05, 3.63) is 35.4 Å². The SMILES string of the molecule is CC(C)[Si]1(C(C)C)Cc2ccccc2C[C@@H]1[Si](C)(C)C. The molecule has 0 spiro atoms. The summed E-state index contributed by atoms with van der Waals surface area (Å²) in [6.07, 6.45) is 1.37. The summed E-state index contributed by atoms with van der Waals surface area (Å²) in [5, 5.41) is 1.03. The summed E-state index contributed by atoms with van der Waals surface area (Å²) in [5.74, 6) is 0. The molecule has 1 aromatic carbocycles. The first-order valence-electron chi connectivity index (χ1n) is 8.26. The number of hydrogen-bond donors (Lipinski definition) is 0. The lowest BCUT2D eigenvalue weighted by Gasteiger charge is -2.53. The second kappa shape index (κ2) is 5.45. The topological polar surface area (TPSA) is 0 Å². The highest BCUT2D eigenvalue weighted by atomic mass is 28.4. The van der Waals surface area contributed by atoms with E-state index in [1.807, 2.05) is 0 Å². The molecule has 0 bridgehead atoms. The van der Waals surface area contributed by atoms with Gasteiger partial charge in [0.05, 0.1) is 8.07 Å². The summed E-state index contributed by atoms with van der Waals surface area (Å²) in [4.78, 5) is 0. The first-order valence-corrected chi connectivity index (χ1v) is 14.3. The Morgan fingerprint density at radius 3 is 1.90 bits per heavy atom. The van der Waals surface area contributed by atoms with E-state index in [0.29, 0.717) is 0 Å². The van der Waals surface area contributed by atoms with Gasteiger partial charge in [0.25, 0.3) is 0 Å². The van der Waals surface area contributed by atoms with Crippen LogP contribution in [0.15, 0.2) is 24.3 Å². The number of fused-ring (bicyclic) bond motifs is 1. The van der Waals surface area contributed by atoms with E-state index in [1.54, 1.807) is 11.1 Å². The first kappa shape index (κ1) is 16.0. The van der Waals surface area contributed by atoms with E-state index in [2.05, 4.69) is 71.6 Å². The smallest absolute Gasteiger partial charge is 0.0638 e. The maximum absolute atomic E-state index is 2.61. The maximum atomic E-state index is 2.61. The van der Waals surface area contributed by atoms with Crippen molar-refractivity contribution < 1.29 is 0 Å². The summed E-state index contributed by atoms with van der Waals surface area (Å²) < 4.78 is 0. The zero-order chi connectivity index (χ0) is 15.1. The highest BCUT2D eigenvalue weighted by molar-refractivity contribution is 6.99. The van der Waals surface area contributed by atoms with Crippen LogP contribution in [0, 0.1) is 0 Å². The molecule has 0 saturated carbocycles. The van der Waals surface area contributed by atoms with Crippen molar-refractivity contribution in [1.82, 2.24) is 0 Å². The first-order chi connectivity index (χ1) is 9.19. The van der Waals surface area contributed by atoms with E-state index in [-0.39, 0.29) is 0 Å². The van der Waals surface area contributed by atoms with Crippen molar-refractivity contribution in [2.75, 3.05) is 0 Å². The molecule has 0 saturated heterocycles. The normalized spacial score (nSPS) is 22.1. The van der Waals surface area contributed by atoms with Gasteiger partial charge in [-0.25, -0.2) is 0 Å². The summed E-state index contributed by atoms with van der Waals surface area (Å²) in [6, 6.07) is 10.7. The van der Waals surface area contributed by atoms with Gasteiger partial charge in [0, 0.05) is 8.07 Å². The van der Waals surface area contributed by atoms with E-state index in [4.69, 9.17) is 0 Å². The average molecular weight is 305 g/mol. The summed E-state index contributed by atoms with van der Waals surface area (Å²) in [5.41, 5.74) is 5.13. The molecule has 0 amide bonds. The van der Waals surface area contributed by atoms with Crippen LogP contribution in [0.4, 0.5) is 0 Å². The van der Waals surface area contributed by atoms with Crippen LogP contribution in [-0.2, 0) is 12.5 Å². The quantitative estimate of drug-likeness (QED) is 0.615. The Bertz CT molecular complexity index is 461. The Morgan fingerprint density at radius 2 is 1.45 bits per heavy atom. The Balaban J connectivity index is 2.58. The Morgan fingerprint density at radius 1 is 0.950 bits per heavy atom. The number of rotatable bonds is 3. The largest absolute Gasteiger partial charge is 0.0695 e. The van der Waals surface area contributed by atoms with Crippen molar-refractivity contribution in [2.24, 2.45) is 0 Å². The third kappa shape index (κ3) is 2.57. The van der Waals surface area contributed by atoms with Gasteiger partial charge >= 0.3 is 0 Å². The fourth-order valence-electron chi connectivity index (χ4n) is 4.78. The third-order valence-corrected chi connectivity index (χ3v) is 19.2. The molecule has 0 nitrogen and oxygen atoms in total. The minimum absolute atomic E-state index is 0.896. The third-order valence-electron chi connectivity index (χ3n) is 5.88. The monoisotopic (exact) mass is 304 g/mol. The van der Waals surface area contributed by atoms with Crippen LogP contribution in [-0.4, -0.2) is 16.1 Å². The molecule has 20 heavy (non-hydrogen) atoms. The van der Waals surface area contributed by atoms with Gasteiger partial charge < -0.3 is 0 Å². The molecular formula is C18H32Si2. The molecule has 1 heterocycles. The van der Waals surface area contributed by atoms with Gasteiger partial charge in [0.15, 0.2) is 0 Å². The molecule has 1 aromatic rings. The minimum Gasteiger partial charge on any atom is -0.0695 e. The molecule has 1 aliphatic rings. The van der Waals surface area contributed by atoms with Gasteiger partial charge in [-0.05, 0) is 28.8 Å². The van der Waals surface area contributed by atoms with Crippen molar-refractivity contribution in [2.45, 2.75) is 76.0 Å². The fourth-order valence-corrected chi connectivity index (χ4v) is 20.0. The molecule has 2 rings (SSSR count). The van der Waals surface area contributed by atoms with Crippen molar-refractivity contribution in [1.29, 1.82) is 0 Å². The van der Waals surface area contributed by atoms with Crippen LogP contribution < -0.4 is 0 Å². The van der Waals surface area contributed by atoms with Gasteiger partial charge in [-0.3, -0.25) is 0 Å². The zero-order valence-electron chi connectivity index (χ0n) is 14.5. The molecule has 0 radical (unpaired) electrons. The van der Waals surface area contributed by atoms with E-state index < -0.39 is 16.1 Å². The Labute approximate surface area is 128 Å². The van der Waals surface area contributed by atoms with Crippen molar-refractivity contribution >= 4 is 16.1 Å². The molecule has 0 N–H and O–H groups in total. The standard InChI is InChI=1S/C18H32Si2/c1-14(2)20(15(3)4)13-17-11-9-8-10-16(17)12-18(20)19(5,6)7/h8-11,14-15,18H,12-13H2,1-7H3/t18-/m1/s1. The molecule has 1 aliphatic heterocycles. The van der Waals surface area contributed by atoms with Crippen LogP contribution in [0.3, 0.4) is 0 Å². The van der Waals surface area contributed by atoms with Gasteiger partial charge in [0.1, 0.15) is 0 Å². The number of benzene rings is 1. The van der Waals surface area contributed by atoms with Crippen LogP contribution >= 0.6 is 0 Å². The van der Waals surface area contributed by atoms with Crippen molar-refractivity contribution in [3.63, 3.8) is 0 Å². The molecule has 2 heteroatoms. The van der Waals surface area contributed by atoms with E-state index in [1.165, 1.54) is 12.5 Å². The molecule has 112 valence electrons. The maximum Gasteiger partial charge on any atom is 0.0638 e. The van der Waals surface area contributed by atoms with Crippen LogP contribution in [0.2, 0.25) is 35.9 Å². The molecule has 0 unspecified atom stereocenters. The molecule has 0 aliphatic carbocycles. The summed E-state index contributed by atoms with van der Waals surface area (Å²) >= 11 is 0. The van der Waals surface area contributed by atoms with Crippen LogP contribution in [0.1, 0.15) is 38.8 Å². The predicted octanol–water partition coefficient (Wildman–Crippen LogP) is 5.84. The van der Waals surface area contributed by atoms with E-state index >= 15 is 0 Å². The van der Waals surface area contributed by atoms with Crippen LogP contribution in [0.25, 0.3) is 0 Å². The minimum atomic E-state index is -1.29. The molecule has 1 atom stereocenters. The second-order valence-electron chi connectivity index (χ2n) is 8.49. The number of hydrogen-bond acceptors (Lipinski definition) is 0. The van der Waals surface area contributed by atoms with E-state index in [9.17, 15) is 0 Å². The van der Waals surface area contributed by atoms with Gasteiger partial charge in [-0.1, -0.05) is 82.7 Å². The lowest BCUT2D eigenvalue weighted by Crippen LogP contribution is -2.58. The Kier molecular flexibility index (Phi) is 4.37. The average Bonchev–Trinajstić information content (AvgIpc) is 2.35. The molecular weight excluding hydrogens is 272 g/mol. The lowest BCUT2D eigenvalue weighted by atomic mass is 10.1. The van der Waals surface area contributed by atoms with E-state index in [0.717, 1.165) is 16.2 Å².